The molecule has 0 unspecified atom stereocenters. The third-order valence-corrected chi connectivity index (χ3v) is 2.77. The van der Waals surface area contributed by atoms with Gasteiger partial charge in [0, 0.05) is 46.8 Å². The summed E-state index contributed by atoms with van der Waals surface area (Å²) in [6, 6.07) is 10.7. The summed E-state index contributed by atoms with van der Waals surface area (Å²) in [5.41, 5.74) is 6.15. The van der Waals surface area contributed by atoms with Crippen LogP contribution in [0.5, 0.6) is 0 Å². The largest absolute Gasteiger partial charge is 0.305 e. The van der Waals surface area contributed by atoms with Crippen LogP contribution in [0, 0.1) is 0 Å². The van der Waals surface area contributed by atoms with Gasteiger partial charge >= 0.3 is 0 Å². The van der Waals surface area contributed by atoms with E-state index in [2.05, 4.69) is 21.0 Å². The van der Waals surface area contributed by atoms with Crippen LogP contribution in [0.15, 0.2) is 84.9 Å². The maximum Gasteiger partial charge on any atom is 0.269 e. The molecule has 1 aromatic heterocycles. The zero-order chi connectivity index (χ0) is 16.3. The molecule has 0 saturated carbocycles. The molecule has 1 heterocycles. The van der Waals surface area contributed by atoms with Crippen LogP contribution in [-0.4, -0.2) is 21.9 Å². The Bertz CT molecular complexity index is 705. The molecule has 0 fully saturated rings. The van der Waals surface area contributed by atoms with Gasteiger partial charge in [-0.3, -0.25) is 20.1 Å². The van der Waals surface area contributed by atoms with Gasteiger partial charge in [-0.25, -0.2) is 0 Å². The number of benzene rings is 1. The van der Waals surface area contributed by atoms with Gasteiger partial charge in [0.05, 0.1) is 0 Å². The van der Waals surface area contributed by atoms with E-state index in [-0.39, 0.29) is 28.8 Å². The summed E-state index contributed by atoms with van der Waals surface area (Å²) >= 11 is 0. The number of hydrazine groups is 1. The van der Waals surface area contributed by atoms with Crippen LogP contribution in [0.1, 0.15) is 10.4 Å². The number of aromatic nitrogens is 2. The summed E-state index contributed by atoms with van der Waals surface area (Å²) in [4.78, 5) is 23.0. The van der Waals surface area contributed by atoms with E-state index >= 15 is 0 Å². The third kappa shape index (κ3) is 6.48. The first-order valence-corrected chi connectivity index (χ1v) is 6.91. The van der Waals surface area contributed by atoms with Crippen LogP contribution < -0.4 is 10.9 Å². The number of H-pyrrole nitrogens is 1. The van der Waals surface area contributed by atoms with Gasteiger partial charge in [0.25, 0.3) is 5.91 Å². The van der Waals surface area contributed by atoms with Gasteiger partial charge in [-0.05, 0) is 30.4 Å². The second kappa shape index (κ2) is 10.8. The zero-order valence-electron chi connectivity index (χ0n) is 12.6. The van der Waals surface area contributed by atoms with Gasteiger partial charge in [0.15, 0.2) is 5.78 Å². The number of hydrogen-bond acceptors (Lipinski definition) is 4. The predicted molar refractivity (Wildman–Crippen MR) is 87.0 cm³/mol. The van der Waals surface area contributed by atoms with E-state index in [0.717, 1.165) is 0 Å². The maximum absolute atomic E-state index is 11.6. The standard InChI is InChI=1S/C14H12N2O2.C3H4N2.Cu/c17-13-9-5-4-8-12(13)10-15-16-14(18)11-6-2-1-3-7-11;1-2-4-5-3-1;/h1-10,15H,(H,16,18);1-3H,(H,4,5);. The quantitative estimate of drug-likeness (QED) is 0.437. The number of nitrogens with zero attached hydrogens (tertiary/aromatic N) is 1. The molecule has 0 aliphatic heterocycles. The Morgan fingerprint density at radius 1 is 1.08 bits per heavy atom. The third-order valence-electron chi connectivity index (χ3n) is 2.77. The van der Waals surface area contributed by atoms with E-state index in [4.69, 9.17) is 0 Å². The summed E-state index contributed by atoms with van der Waals surface area (Å²) in [6.45, 7) is 0. The van der Waals surface area contributed by atoms with E-state index in [1.165, 1.54) is 12.3 Å². The molecule has 1 aromatic carbocycles. The number of nitrogens with one attached hydrogen (secondary N) is 3. The molecule has 6 nitrogen and oxygen atoms in total. The Morgan fingerprint density at radius 2 is 1.83 bits per heavy atom. The second-order valence-corrected chi connectivity index (χ2v) is 4.41. The first kappa shape index (κ1) is 19.2. The van der Waals surface area contributed by atoms with Crippen molar-refractivity contribution < 1.29 is 26.7 Å². The molecule has 1 aliphatic carbocycles. The molecule has 1 amide bonds. The van der Waals surface area contributed by atoms with E-state index in [9.17, 15) is 9.59 Å². The van der Waals surface area contributed by atoms with Crippen LogP contribution in [0.4, 0.5) is 0 Å². The number of allylic oxidation sites excluding steroid dienone is 5. The molecule has 0 spiro atoms. The Hall–Kier alpha value is -2.89. The molecule has 0 atom stereocenters. The van der Waals surface area contributed by atoms with Gasteiger partial charge in [-0.2, -0.15) is 5.10 Å². The number of rotatable bonds is 3. The van der Waals surface area contributed by atoms with Gasteiger partial charge in [0.1, 0.15) is 0 Å². The van der Waals surface area contributed by atoms with Crippen LogP contribution in [0.2, 0.25) is 0 Å². The van der Waals surface area contributed by atoms with Crippen molar-refractivity contribution >= 4 is 11.7 Å². The molecule has 2 aromatic rings. The van der Waals surface area contributed by atoms with E-state index < -0.39 is 0 Å². The van der Waals surface area contributed by atoms with Gasteiger partial charge in [-0.15, -0.1) is 0 Å². The Labute approximate surface area is 150 Å². The average molecular weight is 372 g/mol. The molecule has 24 heavy (non-hydrogen) atoms. The average Bonchev–Trinajstić information content (AvgIpc) is 3.17. The van der Waals surface area contributed by atoms with Crippen molar-refractivity contribution in [3.8, 4) is 0 Å². The van der Waals surface area contributed by atoms with Crippen molar-refractivity contribution in [2.75, 3.05) is 0 Å². The minimum absolute atomic E-state index is 0. The van der Waals surface area contributed by atoms with Gasteiger partial charge in [0.2, 0.25) is 0 Å². The zero-order valence-corrected chi connectivity index (χ0v) is 13.5. The van der Waals surface area contributed by atoms with E-state index in [1.807, 2.05) is 12.1 Å². The summed E-state index contributed by atoms with van der Waals surface area (Å²) in [5, 5.41) is 6.21. The van der Waals surface area contributed by atoms with Crippen LogP contribution in [0.3, 0.4) is 0 Å². The number of carbonyl (C=O) groups is 2. The molecule has 0 bridgehead atoms. The Morgan fingerprint density at radius 3 is 2.42 bits per heavy atom. The molecule has 1 radical (unpaired) electrons. The number of ketones is 1. The normalized spacial score (nSPS) is 13.5. The Balaban J connectivity index is 0.000000412. The monoisotopic (exact) mass is 371 g/mol. The summed E-state index contributed by atoms with van der Waals surface area (Å²) in [5.74, 6) is -0.353. The number of amides is 1. The van der Waals surface area contributed by atoms with Crippen LogP contribution in [-0.2, 0) is 21.9 Å². The van der Waals surface area contributed by atoms with Crippen molar-refractivity contribution in [2.24, 2.45) is 0 Å². The minimum Gasteiger partial charge on any atom is -0.305 e. The molecule has 3 N–H and O–H groups in total. The maximum atomic E-state index is 11.6. The first-order chi connectivity index (χ1) is 11.3. The summed E-state index contributed by atoms with van der Waals surface area (Å²) in [7, 11) is 0. The fourth-order valence-electron chi connectivity index (χ4n) is 1.66. The van der Waals surface area contributed by atoms with Gasteiger partial charge < -0.3 is 5.43 Å². The number of carbonyl (C=O) groups excluding carboxylic acids is 2. The molecule has 127 valence electrons. The SMILES string of the molecule is O=C1C=CC=CC1=CNNC(=O)c1ccccc1.[Cu].c1cn[nH]c1. The molecule has 0 saturated heterocycles. The number of hydrogen-bond donors (Lipinski definition) is 3. The molecule has 3 rings (SSSR count). The summed E-state index contributed by atoms with van der Waals surface area (Å²) < 4.78 is 0. The Kier molecular flexibility index (Phi) is 8.60. The van der Waals surface area contributed by atoms with Crippen molar-refractivity contribution in [2.45, 2.75) is 0 Å². The smallest absolute Gasteiger partial charge is 0.269 e. The number of aromatic amines is 1. The van der Waals surface area contributed by atoms with Gasteiger partial charge in [-0.1, -0.05) is 30.4 Å². The molecular weight excluding hydrogens is 356 g/mol. The van der Waals surface area contributed by atoms with E-state index in [1.54, 1.807) is 54.9 Å². The first-order valence-electron chi connectivity index (χ1n) is 6.91. The fraction of sp³-hybridized carbons (Fsp3) is 0. The predicted octanol–water partition coefficient (Wildman–Crippen LogP) is 1.91. The molecule has 1 aliphatic rings. The van der Waals surface area contributed by atoms with Crippen molar-refractivity contribution in [3.63, 3.8) is 0 Å². The fourth-order valence-corrected chi connectivity index (χ4v) is 1.66. The van der Waals surface area contributed by atoms with Crippen molar-refractivity contribution in [1.29, 1.82) is 0 Å². The minimum atomic E-state index is -0.254. The second-order valence-electron chi connectivity index (χ2n) is 4.41. The topological polar surface area (TPSA) is 86.9 Å². The van der Waals surface area contributed by atoms with E-state index in [0.29, 0.717) is 11.1 Å². The summed E-state index contributed by atoms with van der Waals surface area (Å²) in [6.07, 6.45) is 11.5. The molecular formula is C17H16CuN4O2. The van der Waals surface area contributed by atoms with Crippen molar-refractivity contribution in [3.05, 3.63) is 90.4 Å². The van der Waals surface area contributed by atoms with Crippen LogP contribution >= 0.6 is 0 Å². The van der Waals surface area contributed by atoms with Crippen molar-refractivity contribution in [1.82, 2.24) is 21.0 Å². The van der Waals surface area contributed by atoms with Crippen LogP contribution in [0.25, 0.3) is 0 Å². The molecule has 7 heteroatoms.